The molecular formula is C19H21F3N4O. The van der Waals surface area contributed by atoms with E-state index >= 15 is 0 Å². The van der Waals surface area contributed by atoms with Crippen molar-refractivity contribution >= 4 is 5.91 Å². The smallest absolute Gasteiger partial charge is 0.334 e. The van der Waals surface area contributed by atoms with Crippen LogP contribution in [0.2, 0.25) is 0 Å². The number of carbonyl (C=O) groups excluding carboxylic acids is 1. The average molecular weight is 378 g/mol. The lowest BCUT2D eigenvalue weighted by atomic mass is 9.97. The Morgan fingerprint density at radius 3 is 2.48 bits per heavy atom. The van der Waals surface area contributed by atoms with Crippen LogP contribution in [-0.2, 0) is 19.1 Å². The molecular weight excluding hydrogens is 357 g/mol. The van der Waals surface area contributed by atoms with Crippen LogP contribution in [0.5, 0.6) is 0 Å². The van der Waals surface area contributed by atoms with Crippen molar-refractivity contribution in [2.24, 2.45) is 0 Å². The molecule has 1 amide bonds. The molecule has 1 aromatic carbocycles. The van der Waals surface area contributed by atoms with Crippen molar-refractivity contribution in [3.63, 3.8) is 0 Å². The number of rotatable bonds is 3. The van der Waals surface area contributed by atoms with Crippen molar-refractivity contribution < 1.29 is 18.0 Å². The fourth-order valence-corrected chi connectivity index (χ4v) is 4.08. The van der Waals surface area contributed by atoms with Gasteiger partial charge in [0.05, 0.1) is 0 Å². The molecule has 0 atom stereocenters. The summed E-state index contributed by atoms with van der Waals surface area (Å²) in [6.07, 6.45) is -2.69. The highest BCUT2D eigenvalue weighted by Gasteiger charge is 2.42. The van der Waals surface area contributed by atoms with Gasteiger partial charge >= 0.3 is 6.18 Å². The Kier molecular flexibility index (Phi) is 4.67. The van der Waals surface area contributed by atoms with Gasteiger partial charge in [-0.3, -0.25) is 14.8 Å². The van der Waals surface area contributed by atoms with Gasteiger partial charge in [-0.2, -0.15) is 18.3 Å². The van der Waals surface area contributed by atoms with Crippen molar-refractivity contribution in [3.05, 3.63) is 52.8 Å². The van der Waals surface area contributed by atoms with Crippen LogP contribution in [0, 0.1) is 0 Å². The van der Waals surface area contributed by atoms with Crippen molar-refractivity contribution in [3.8, 4) is 0 Å². The van der Waals surface area contributed by atoms with Gasteiger partial charge in [-0.05, 0) is 24.8 Å². The SMILES string of the molecule is O=C1c2[nH]nc(C(F)(F)F)c2CCN1C1CCN(Cc2ccccc2)CC1. The number of amides is 1. The Balaban J connectivity index is 1.40. The number of halogens is 3. The van der Waals surface area contributed by atoms with E-state index in [1.54, 1.807) is 4.90 Å². The zero-order chi connectivity index (χ0) is 19.0. The Morgan fingerprint density at radius 1 is 1.11 bits per heavy atom. The van der Waals surface area contributed by atoms with Gasteiger partial charge in [0.25, 0.3) is 5.91 Å². The van der Waals surface area contributed by atoms with E-state index in [1.807, 2.05) is 18.2 Å². The number of hydrogen-bond donors (Lipinski definition) is 1. The number of piperidine rings is 1. The Morgan fingerprint density at radius 2 is 1.81 bits per heavy atom. The summed E-state index contributed by atoms with van der Waals surface area (Å²) in [5, 5.41) is 5.67. The van der Waals surface area contributed by atoms with Gasteiger partial charge in [0.2, 0.25) is 0 Å². The normalized spacial score (nSPS) is 19.4. The van der Waals surface area contributed by atoms with Gasteiger partial charge in [-0.25, -0.2) is 0 Å². The summed E-state index contributed by atoms with van der Waals surface area (Å²) < 4.78 is 39.0. The molecule has 0 bridgehead atoms. The molecule has 0 spiro atoms. The number of hydrogen-bond acceptors (Lipinski definition) is 3. The molecule has 8 heteroatoms. The topological polar surface area (TPSA) is 52.2 Å². The molecule has 0 aliphatic carbocycles. The fraction of sp³-hybridized carbons (Fsp3) is 0.474. The summed E-state index contributed by atoms with van der Waals surface area (Å²) in [6.45, 7) is 2.93. The summed E-state index contributed by atoms with van der Waals surface area (Å²) in [4.78, 5) is 16.8. The summed E-state index contributed by atoms with van der Waals surface area (Å²) in [6, 6.07) is 10.3. The molecule has 1 fully saturated rings. The molecule has 0 unspecified atom stereocenters. The summed E-state index contributed by atoms with van der Waals surface area (Å²) in [5.41, 5.74) is 0.306. The maximum Gasteiger partial charge on any atom is 0.435 e. The maximum absolute atomic E-state index is 13.0. The second-order valence-corrected chi connectivity index (χ2v) is 7.16. The minimum atomic E-state index is -4.53. The first-order valence-electron chi connectivity index (χ1n) is 9.15. The van der Waals surface area contributed by atoms with E-state index < -0.39 is 11.9 Å². The van der Waals surface area contributed by atoms with E-state index in [1.165, 1.54) is 5.56 Å². The highest BCUT2D eigenvalue weighted by Crippen LogP contribution is 2.34. The minimum absolute atomic E-state index is 0.000269. The maximum atomic E-state index is 13.0. The molecule has 2 aromatic rings. The van der Waals surface area contributed by atoms with Gasteiger partial charge in [0.1, 0.15) is 5.69 Å². The lowest BCUT2D eigenvalue weighted by Crippen LogP contribution is -2.49. The average Bonchev–Trinajstić information content (AvgIpc) is 3.09. The monoisotopic (exact) mass is 378 g/mol. The lowest BCUT2D eigenvalue weighted by molar-refractivity contribution is -0.141. The largest absolute Gasteiger partial charge is 0.435 e. The standard InChI is InChI=1S/C19H21F3N4O/c20-19(21,22)17-15-8-11-26(18(27)16(15)23-24-17)14-6-9-25(10-7-14)12-13-4-2-1-3-5-13/h1-5,14H,6-12H2,(H,23,24). The van der Waals surface area contributed by atoms with E-state index in [0.29, 0.717) is 6.54 Å². The molecule has 1 saturated heterocycles. The van der Waals surface area contributed by atoms with Crippen LogP contribution in [0.4, 0.5) is 13.2 Å². The second kappa shape index (κ2) is 6.99. The van der Waals surface area contributed by atoms with Crippen LogP contribution in [0.25, 0.3) is 0 Å². The zero-order valence-corrected chi connectivity index (χ0v) is 14.8. The molecule has 1 aromatic heterocycles. The second-order valence-electron chi connectivity index (χ2n) is 7.16. The third-order valence-corrected chi connectivity index (χ3v) is 5.46. The lowest BCUT2D eigenvalue weighted by Gasteiger charge is -2.40. The number of aromatic nitrogens is 2. The first-order chi connectivity index (χ1) is 12.9. The number of nitrogens with zero attached hydrogens (tertiary/aromatic N) is 3. The Labute approximate surface area is 155 Å². The third kappa shape index (κ3) is 3.58. The number of fused-ring (bicyclic) bond motifs is 1. The Bertz CT molecular complexity index is 810. The molecule has 0 radical (unpaired) electrons. The van der Waals surface area contributed by atoms with Gasteiger partial charge in [0.15, 0.2) is 5.69 Å². The molecule has 144 valence electrons. The molecule has 3 heterocycles. The van der Waals surface area contributed by atoms with Gasteiger partial charge in [0, 0.05) is 37.8 Å². The van der Waals surface area contributed by atoms with Crippen molar-refractivity contribution in [1.29, 1.82) is 0 Å². The highest BCUT2D eigenvalue weighted by molar-refractivity contribution is 5.95. The number of nitrogens with one attached hydrogen (secondary N) is 1. The first-order valence-corrected chi connectivity index (χ1v) is 9.15. The van der Waals surface area contributed by atoms with E-state index in [4.69, 9.17) is 0 Å². The van der Waals surface area contributed by atoms with Crippen LogP contribution >= 0.6 is 0 Å². The minimum Gasteiger partial charge on any atom is -0.334 e. The fourth-order valence-electron chi connectivity index (χ4n) is 4.08. The number of H-pyrrole nitrogens is 1. The van der Waals surface area contributed by atoms with Gasteiger partial charge < -0.3 is 4.90 Å². The number of likely N-dealkylation sites (tertiary alicyclic amines) is 1. The third-order valence-electron chi connectivity index (χ3n) is 5.46. The number of alkyl halides is 3. The van der Waals surface area contributed by atoms with E-state index in [0.717, 1.165) is 32.5 Å². The summed E-state index contributed by atoms with van der Waals surface area (Å²) in [7, 11) is 0. The van der Waals surface area contributed by atoms with E-state index in [-0.39, 0.29) is 29.6 Å². The van der Waals surface area contributed by atoms with Crippen molar-refractivity contribution in [1.82, 2.24) is 20.0 Å². The van der Waals surface area contributed by atoms with Crippen LogP contribution in [0.1, 0.15) is 40.2 Å². The van der Waals surface area contributed by atoms with Crippen LogP contribution < -0.4 is 0 Å². The molecule has 2 aliphatic heterocycles. The van der Waals surface area contributed by atoms with Crippen LogP contribution in [0.15, 0.2) is 30.3 Å². The van der Waals surface area contributed by atoms with Crippen molar-refractivity contribution in [2.75, 3.05) is 19.6 Å². The molecule has 27 heavy (non-hydrogen) atoms. The van der Waals surface area contributed by atoms with E-state index in [9.17, 15) is 18.0 Å². The molecule has 2 aliphatic rings. The molecule has 1 N–H and O–H groups in total. The molecule has 0 saturated carbocycles. The molecule has 5 nitrogen and oxygen atoms in total. The van der Waals surface area contributed by atoms with Gasteiger partial charge in [-0.15, -0.1) is 0 Å². The van der Waals surface area contributed by atoms with Crippen molar-refractivity contribution in [2.45, 2.75) is 38.0 Å². The molecule has 4 rings (SSSR count). The Hall–Kier alpha value is -2.35. The summed E-state index contributed by atoms with van der Waals surface area (Å²) in [5.74, 6) is -0.360. The predicted molar refractivity (Wildman–Crippen MR) is 93.1 cm³/mol. The van der Waals surface area contributed by atoms with E-state index in [2.05, 4.69) is 27.2 Å². The predicted octanol–water partition coefficient (Wildman–Crippen LogP) is 3.09. The number of aromatic amines is 1. The van der Waals surface area contributed by atoms with Gasteiger partial charge in [-0.1, -0.05) is 30.3 Å². The van der Waals surface area contributed by atoms with Crippen LogP contribution in [0.3, 0.4) is 0 Å². The first kappa shape index (κ1) is 18.0. The number of carbonyl (C=O) groups is 1. The zero-order valence-electron chi connectivity index (χ0n) is 14.8. The van der Waals surface area contributed by atoms with Crippen LogP contribution in [-0.4, -0.2) is 51.6 Å². The quantitative estimate of drug-likeness (QED) is 0.893. The number of benzene rings is 1. The highest BCUT2D eigenvalue weighted by atomic mass is 19.4. The summed E-state index contributed by atoms with van der Waals surface area (Å²) >= 11 is 0.